The van der Waals surface area contributed by atoms with Crippen molar-refractivity contribution in [1.29, 1.82) is 0 Å². The molecule has 30 heavy (non-hydrogen) atoms. The largest absolute Gasteiger partial charge is 0.351 e. The lowest BCUT2D eigenvalue weighted by atomic mass is 10.0. The third-order valence-corrected chi connectivity index (χ3v) is 6.20. The van der Waals surface area contributed by atoms with E-state index in [-0.39, 0.29) is 23.0 Å². The summed E-state index contributed by atoms with van der Waals surface area (Å²) in [4.78, 5) is 36.4. The lowest BCUT2D eigenvalue weighted by Crippen LogP contribution is -2.47. The van der Waals surface area contributed by atoms with Crippen LogP contribution in [0.25, 0.3) is 0 Å². The Morgan fingerprint density at radius 3 is 2.50 bits per heavy atom. The van der Waals surface area contributed by atoms with Crippen LogP contribution in [-0.4, -0.2) is 39.0 Å². The van der Waals surface area contributed by atoms with Crippen LogP contribution < -0.4 is 5.32 Å². The Hall–Kier alpha value is -2.93. The molecule has 0 fully saturated rings. The van der Waals surface area contributed by atoms with Gasteiger partial charge in [0.1, 0.15) is 11.9 Å². The molecule has 2 heterocycles. The van der Waals surface area contributed by atoms with Crippen LogP contribution in [0.15, 0.2) is 64.6 Å². The molecule has 0 aliphatic carbocycles. The van der Waals surface area contributed by atoms with Crippen molar-refractivity contribution in [3.8, 4) is 0 Å². The van der Waals surface area contributed by atoms with E-state index in [1.807, 2.05) is 80.3 Å². The Morgan fingerprint density at radius 2 is 1.77 bits per heavy atom. The van der Waals surface area contributed by atoms with Crippen LogP contribution in [0.3, 0.4) is 0 Å². The normalized spacial score (nSPS) is 18.5. The summed E-state index contributed by atoms with van der Waals surface area (Å²) in [5.41, 5.74) is 2.66. The van der Waals surface area contributed by atoms with Crippen LogP contribution in [0.1, 0.15) is 31.9 Å². The Kier molecular flexibility index (Phi) is 5.72. The van der Waals surface area contributed by atoms with E-state index >= 15 is 0 Å². The first-order valence-electron chi connectivity index (χ1n) is 10.0. The van der Waals surface area contributed by atoms with Crippen LogP contribution in [0, 0.1) is 5.92 Å². The number of benzene rings is 2. The Bertz CT molecular complexity index is 1030. The van der Waals surface area contributed by atoms with Crippen molar-refractivity contribution in [3.63, 3.8) is 0 Å². The van der Waals surface area contributed by atoms with E-state index in [2.05, 4.69) is 10.3 Å². The number of amidine groups is 2. The van der Waals surface area contributed by atoms with Crippen LogP contribution in [0.5, 0.6) is 0 Å². The Labute approximate surface area is 180 Å². The lowest BCUT2D eigenvalue weighted by Gasteiger charge is -2.33. The summed E-state index contributed by atoms with van der Waals surface area (Å²) in [5, 5.41) is 3.25. The molecule has 2 unspecified atom stereocenters. The maximum absolute atomic E-state index is 12.7. The maximum atomic E-state index is 12.7. The number of thioether (sulfide) groups is 1. The zero-order chi connectivity index (χ0) is 21.3. The summed E-state index contributed by atoms with van der Waals surface area (Å²) >= 11 is 1.36. The third-order valence-electron chi connectivity index (χ3n) is 5.14. The van der Waals surface area contributed by atoms with Gasteiger partial charge >= 0.3 is 0 Å². The Balaban J connectivity index is 1.56. The van der Waals surface area contributed by atoms with Crippen LogP contribution in [0.4, 0.5) is 5.69 Å². The predicted molar refractivity (Wildman–Crippen MR) is 121 cm³/mol. The second-order valence-electron chi connectivity index (χ2n) is 7.71. The van der Waals surface area contributed by atoms with Crippen molar-refractivity contribution in [1.82, 2.24) is 10.2 Å². The number of para-hydroxylation sites is 1. The van der Waals surface area contributed by atoms with Gasteiger partial charge < -0.3 is 5.32 Å². The van der Waals surface area contributed by atoms with Gasteiger partial charge in [0.15, 0.2) is 5.17 Å². The smallest absolute Gasteiger partial charge is 0.271 e. The van der Waals surface area contributed by atoms with Crippen molar-refractivity contribution < 1.29 is 9.59 Å². The fourth-order valence-corrected chi connectivity index (χ4v) is 4.56. The average Bonchev–Trinajstić information content (AvgIpc) is 3.10. The molecule has 4 rings (SSSR count). The fraction of sp³-hybridized carbons (Fsp3) is 0.304. The monoisotopic (exact) mass is 420 g/mol. The molecule has 6 nitrogen and oxygen atoms in total. The van der Waals surface area contributed by atoms with Crippen molar-refractivity contribution in [2.24, 2.45) is 15.9 Å². The highest BCUT2D eigenvalue weighted by atomic mass is 32.2. The van der Waals surface area contributed by atoms with Gasteiger partial charge in [0, 0.05) is 12.1 Å². The van der Waals surface area contributed by atoms with E-state index in [0.717, 1.165) is 16.8 Å². The van der Waals surface area contributed by atoms with E-state index in [9.17, 15) is 9.59 Å². The number of fused-ring (bicyclic) bond motifs is 3. The molecular formula is C23H24N4O2S. The third kappa shape index (κ3) is 3.89. The van der Waals surface area contributed by atoms with E-state index in [0.29, 0.717) is 17.5 Å². The molecule has 0 saturated heterocycles. The van der Waals surface area contributed by atoms with Crippen LogP contribution >= 0.6 is 11.8 Å². The quantitative estimate of drug-likeness (QED) is 0.800. The minimum Gasteiger partial charge on any atom is -0.351 e. The second kappa shape index (κ2) is 8.44. The van der Waals surface area contributed by atoms with Gasteiger partial charge in [0.25, 0.3) is 5.91 Å². The molecule has 154 valence electrons. The van der Waals surface area contributed by atoms with E-state index in [1.54, 1.807) is 0 Å². The highest BCUT2D eigenvalue weighted by Crippen LogP contribution is 2.36. The first-order valence-corrected chi connectivity index (χ1v) is 10.9. The van der Waals surface area contributed by atoms with Gasteiger partial charge in [-0.2, -0.15) is 4.99 Å². The number of aliphatic imine (C=N–C) groups is 2. The summed E-state index contributed by atoms with van der Waals surface area (Å²) in [6.07, 6.45) is 0. The van der Waals surface area contributed by atoms with Gasteiger partial charge in [-0.1, -0.05) is 68.1 Å². The van der Waals surface area contributed by atoms with Crippen molar-refractivity contribution >= 4 is 40.3 Å². The van der Waals surface area contributed by atoms with Gasteiger partial charge in [-0.05, 0) is 30.5 Å². The number of nitrogens with one attached hydrogen (secondary N) is 1. The fourth-order valence-electron chi connectivity index (χ4n) is 3.59. The molecule has 2 aliphatic heterocycles. The van der Waals surface area contributed by atoms with Gasteiger partial charge in [0.05, 0.1) is 10.9 Å². The molecule has 0 spiro atoms. The molecule has 0 bridgehead atoms. The Morgan fingerprint density at radius 1 is 1.07 bits per heavy atom. The van der Waals surface area contributed by atoms with Crippen LogP contribution in [0.2, 0.25) is 0 Å². The second-order valence-corrected chi connectivity index (χ2v) is 9.02. The number of nitrogens with zero attached hydrogens (tertiary/aromatic N) is 3. The first kappa shape index (κ1) is 20.3. The minimum atomic E-state index is -0.404. The molecule has 2 atom stereocenters. The number of amides is 2. The van der Waals surface area contributed by atoms with Gasteiger partial charge in [-0.3, -0.25) is 14.5 Å². The maximum Gasteiger partial charge on any atom is 0.271 e. The summed E-state index contributed by atoms with van der Waals surface area (Å²) in [7, 11) is 0. The summed E-state index contributed by atoms with van der Waals surface area (Å²) in [5.74, 6) is 0.461. The van der Waals surface area contributed by atoms with E-state index in [4.69, 9.17) is 4.99 Å². The first-order chi connectivity index (χ1) is 14.5. The topological polar surface area (TPSA) is 74.1 Å². The van der Waals surface area contributed by atoms with Gasteiger partial charge in [-0.15, -0.1) is 0 Å². The van der Waals surface area contributed by atoms with E-state index < -0.39 is 6.04 Å². The highest BCUT2D eigenvalue weighted by Gasteiger charge is 2.43. The molecule has 2 aromatic carbocycles. The molecule has 0 saturated carbocycles. The van der Waals surface area contributed by atoms with Gasteiger partial charge in [-0.25, -0.2) is 4.99 Å². The molecule has 2 amide bonds. The highest BCUT2D eigenvalue weighted by molar-refractivity contribution is 8.14. The minimum absolute atomic E-state index is 0.0667. The summed E-state index contributed by atoms with van der Waals surface area (Å²) in [6.45, 7) is 6.33. The van der Waals surface area contributed by atoms with E-state index in [1.165, 1.54) is 11.8 Å². The molecule has 1 N–H and O–H groups in total. The molecule has 2 aromatic rings. The zero-order valence-electron chi connectivity index (χ0n) is 17.2. The number of carbonyl (C=O) groups is 2. The van der Waals surface area contributed by atoms with Crippen LogP contribution in [-0.2, 0) is 16.1 Å². The van der Waals surface area contributed by atoms with Gasteiger partial charge in [0.2, 0.25) is 5.91 Å². The molecule has 0 radical (unpaired) electrons. The lowest BCUT2D eigenvalue weighted by molar-refractivity contribution is -0.121. The average molecular weight is 421 g/mol. The van der Waals surface area contributed by atoms with Crippen molar-refractivity contribution in [3.05, 3.63) is 65.7 Å². The van der Waals surface area contributed by atoms with Crippen molar-refractivity contribution in [2.75, 3.05) is 0 Å². The number of hydrogen-bond acceptors (Lipinski definition) is 5. The number of hydrogen-bond donors (Lipinski definition) is 1. The summed E-state index contributed by atoms with van der Waals surface area (Å²) in [6, 6.07) is 17.1. The zero-order valence-corrected chi connectivity index (χ0v) is 18.0. The standard InChI is InChI=1S/C23H24N4O2S/c1-14(2)19-22(29)26-20-17-11-7-8-12-18(17)25-23(27(19)20)30-15(3)21(28)24-13-16-9-5-4-6-10-16/h4-12,14-15,19H,13H2,1-3H3,(H,24,28). The summed E-state index contributed by atoms with van der Waals surface area (Å²) < 4.78 is 0. The molecule has 7 heteroatoms. The SMILES string of the molecule is CC(SC1=Nc2ccccc2C2=NC(=O)C(C(C)C)N12)C(=O)NCc1ccccc1. The predicted octanol–water partition coefficient (Wildman–Crippen LogP) is 3.74. The molecule has 2 aliphatic rings. The molecular weight excluding hydrogens is 396 g/mol. The number of carbonyl (C=O) groups excluding carboxylic acids is 2. The van der Waals surface area contributed by atoms with Crippen molar-refractivity contribution in [2.45, 2.75) is 38.6 Å². The molecule has 0 aromatic heterocycles. The number of rotatable bonds is 5.